The van der Waals surface area contributed by atoms with Crippen molar-refractivity contribution in [2.75, 3.05) is 0 Å². The third-order valence-corrected chi connectivity index (χ3v) is 9.55. The van der Waals surface area contributed by atoms with Gasteiger partial charge in [-0.05, 0) is 0 Å². The van der Waals surface area contributed by atoms with Crippen molar-refractivity contribution in [3.8, 4) is 0 Å². The molecule has 0 aromatic rings. The molecule has 0 aliphatic rings. The molecular formula is C17H30O6Sn. The van der Waals surface area contributed by atoms with Gasteiger partial charge in [0.2, 0.25) is 0 Å². The number of carbonyl (C=O) groups is 3. The van der Waals surface area contributed by atoms with E-state index in [1.54, 1.807) is 6.08 Å². The molecule has 138 valence electrons. The maximum atomic E-state index is 12.0. The summed E-state index contributed by atoms with van der Waals surface area (Å²) in [7, 11) is 0. The summed E-state index contributed by atoms with van der Waals surface area (Å²) in [5.41, 5.74) is 0.973. The van der Waals surface area contributed by atoms with Gasteiger partial charge in [-0.1, -0.05) is 0 Å². The fourth-order valence-electron chi connectivity index (χ4n) is 1.80. The van der Waals surface area contributed by atoms with E-state index in [1.165, 1.54) is 0 Å². The van der Waals surface area contributed by atoms with Crippen LogP contribution in [0.5, 0.6) is 0 Å². The van der Waals surface area contributed by atoms with Crippen molar-refractivity contribution < 1.29 is 23.6 Å². The van der Waals surface area contributed by atoms with Gasteiger partial charge in [0.05, 0.1) is 0 Å². The molecule has 0 rings (SSSR count). The Morgan fingerprint density at radius 3 is 1.33 bits per heavy atom. The summed E-state index contributed by atoms with van der Waals surface area (Å²) in [6, 6.07) is 0. The average molecular weight is 449 g/mol. The molecule has 0 bridgehead atoms. The Labute approximate surface area is 150 Å². The van der Waals surface area contributed by atoms with Crippen LogP contribution in [0.25, 0.3) is 0 Å². The van der Waals surface area contributed by atoms with Gasteiger partial charge in [-0.3, -0.25) is 0 Å². The normalized spacial score (nSPS) is 10.7. The van der Waals surface area contributed by atoms with E-state index in [0.717, 1.165) is 5.57 Å². The zero-order valence-corrected chi connectivity index (χ0v) is 18.3. The van der Waals surface area contributed by atoms with E-state index in [4.69, 9.17) is 9.22 Å². The van der Waals surface area contributed by atoms with Crippen LogP contribution < -0.4 is 0 Å². The fourth-order valence-corrected chi connectivity index (χ4v) is 8.60. The van der Waals surface area contributed by atoms with E-state index in [0.29, 0.717) is 19.3 Å². The van der Waals surface area contributed by atoms with E-state index < -0.39 is 37.5 Å². The standard InChI is InChI=1S/C5H9.3C4H8O2.Sn/c1-4-5(2)3;3*1-2-3-4(5)6;/h4H,1H2,2-3H3;3*2-3H2,1H3,(H,5,6);/q;;;;+3/p-3. The zero-order chi connectivity index (χ0) is 18.6. The van der Waals surface area contributed by atoms with Crippen LogP contribution in [-0.2, 0) is 23.6 Å². The Kier molecular flexibility index (Phi) is 11.8. The summed E-state index contributed by atoms with van der Waals surface area (Å²) in [6.07, 6.45) is 4.21. The van der Waals surface area contributed by atoms with Gasteiger partial charge in [0, 0.05) is 0 Å². The van der Waals surface area contributed by atoms with Crippen molar-refractivity contribution in [1.29, 1.82) is 0 Å². The topological polar surface area (TPSA) is 78.9 Å². The minimum absolute atomic E-state index is 0.178. The first-order chi connectivity index (χ1) is 11.3. The molecule has 6 nitrogen and oxygen atoms in total. The molecule has 0 N–H and O–H groups in total. The van der Waals surface area contributed by atoms with E-state index >= 15 is 0 Å². The maximum absolute atomic E-state index is 12.0. The molecule has 0 aromatic heterocycles. The van der Waals surface area contributed by atoms with Crippen molar-refractivity contribution in [2.24, 2.45) is 0 Å². The van der Waals surface area contributed by atoms with Crippen molar-refractivity contribution in [2.45, 2.75) is 77.6 Å². The summed E-state index contributed by atoms with van der Waals surface area (Å²) >= 11 is -4.68. The van der Waals surface area contributed by atoms with Gasteiger partial charge in [0.1, 0.15) is 0 Å². The molecule has 0 aromatic carbocycles. The number of allylic oxidation sites excluding steroid dienone is 2. The molecule has 0 aliphatic carbocycles. The molecule has 7 heteroatoms. The first kappa shape index (κ1) is 22.9. The van der Waals surface area contributed by atoms with Crippen LogP contribution in [0.2, 0.25) is 4.44 Å². The second-order valence-electron chi connectivity index (χ2n) is 5.84. The molecule has 0 saturated heterocycles. The second-order valence-corrected chi connectivity index (χ2v) is 12.7. The van der Waals surface area contributed by atoms with Crippen molar-refractivity contribution in [1.82, 2.24) is 0 Å². The number of hydrogen-bond donors (Lipinski definition) is 0. The number of rotatable bonds is 11. The van der Waals surface area contributed by atoms with Gasteiger partial charge in [-0.15, -0.1) is 0 Å². The van der Waals surface area contributed by atoms with Gasteiger partial charge < -0.3 is 0 Å². The molecule has 0 aliphatic heterocycles. The monoisotopic (exact) mass is 450 g/mol. The van der Waals surface area contributed by atoms with Gasteiger partial charge in [0.15, 0.2) is 0 Å². The summed E-state index contributed by atoms with van der Waals surface area (Å²) in [5, 5.41) is 0. The summed E-state index contributed by atoms with van der Waals surface area (Å²) in [5.74, 6) is -1.45. The Bertz CT molecular complexity index is 404. The van der Waals surface area contributed by atoms with Crippen LogP contribution >= 0.6 is 0 Å². The minimum atomic E-state index is -4.68. The molecule has 0 spiro atoms. The van der Waals surface area contributed by atoms with E-state index in [1.807, 2.05) is 34.6 Å². The predicted octanol–water partition coefficient (Wildman–Crippen LogP) is 3.92. The quantitative estimate of drug-likeness (QED) is 0.352. The number of hydrogen-bond acceptors (Lipinski definition) is 6. The summed E-state index contributed by atoms with van der Waals surface area (Å²) in [6.45, 7) is 9.31. The van der Waals surface area contributed by atoms with Crippen LogP contribution in [0.1, 0.15) is 73.1 Å². The average Bonchev–Trinajstić information content (AvgIpc) is 2.45. The third kappa shape index (κ3) is 9.95. The van der Waals surface area contributed by atoms with Crippen LogP contribution in [0, 0.1) is 0 Å². The first-order valence-corrected chi connectivity index (χ1v) is 14.1. The van der Waals surface area contributed by atoms with Crippen LogP contribution in [0.4, 0.5) is 0 Å². The van der Waals surface area contributed by atoms with Crippen LogP contribution in [-0.4, -0.2) is 37.5 Å². The van der Waals surface area contributed by atoms with Gasteiger partial charge in [0.25, 0.3) is 0 Å². The molecule has 0 radical (unpaired) electrons. The third-order valence-electron chi connectivity index (χ3n) is 2.93. The Hall–Kier alpha value is -1.05. The van der Waals surface area contributed by atoms with Crippen LogP contribution in [0.15, 0.2) is 11.6 Å². The van der Waals surface area contributed by atoms with Gasteiger partial charge >= 0.3 is 150 Å². The van der Waals surface area contributed by atoms with E-state index in [9.17, 15) is 14.4 Å². The fraction of sp³-hybridized carbons (Fsp3) is 0.706. The molecule has 0 saturated carbocycles. The second kappa shape index (κ2) is 12.3. The van der Waals surface area contributed by atoms with Crippen molar-refractivity contribution >= 4 is 37.5 Å². The number of carbonyl (C=O) groups excluding carboxylic acids is 3. The Morgan fingerprint density at radius 1 is 0.750 bits per heavy atom. The Balaban J connectivity index is 5.50. The summed E-state index contributed by atoms with van der Waals surface area (Å²) in [4.78, 5) is 36.0. The van der Waals surface area contributed by atoms with E-state index in [2.05, 4.69) is 0 Å². The zero-order valence-electron chi connectivity index (χ0n) is 15.5. The van der Waals surface area contributed by atoms with E-state index in [-0.39, 0.29) is 23.7 Å². The van der Waals surface area contributed by atoms with Crippen molar-refractivity contribution in [3.63, 3.8) is 0 Å². The van der Waals surface area contributed by atoms with Gasteiger partial charge in [-0.25, -0.2) is 0 Å². The molecule has 0 fully saturated rings. The molecule has 0 atom stereocenters. The van der Waals surface area contributed by atoms with Gasteiger partial charge in [-0.2, -0.15) is 0 Å². The summed E-state index contributed by atoms with van der Waals surface area (Å²) < 4.78 is 16.7. The molecule has 24 heavy (non-hydrogen) atoms. The SMILES string of the molecule is CCCC(=O)[O][Sn]([CH2]C=C(C)C)([O]C(=O)CCC)[O]C(=O)CCC. The van der Waals surface area contributed by atoms with Crippen molar-refractivity contribution in [3.05, 3.63) is 11.6 Å². The Morgan fingerprint density at radius 2 is 1.08 bits per heavy atom. The molecule has 0 heterocycles. The molecule has 0 unspecified atom stereocenters. The van der Waals surface area contributed by atoms with Crippen LogP contribution in [0.3, 0.4) is 0 Å². The predicted molar refractivity (Wildman–Crippen MR) is 93.0 cm³/mol. The first-order valence-electron chi connectivity index (χ1n) is 8.57. The molecular weight excluding hydrogens is 419 g/mol. The molecule has 0 amide bonds.